The molecule has 2 saturated carbocycles. The molecule has 17 heteroatoms. The number of hydrogen-bond acceptors (Lipinski definition) is 10. The minimum Gasteiger partial charge on any atom is -0.444 e. The number of nitrogens with zero attached hydrogens (tertiary/aromatic N) is 2. The van der Waals surface area contributed by atoms with Crippen LogP contribution in [0.2, 0.25) is 0 Å². The van der Waals surface area contributed by atoms with E-state index in [1.54, 1.807) is 53.7 Å². The third-order valence-corrected chi connectivity index (χ3v) is 11.8. The fraction of sp³-hybridized carbons (Fsp3) is 0.622. The van der Waals surface area contributed by atoms with Gasteiger partial charge in [-0.1, -0.05) is 31.1 Å². The van der Waals surface area contributed by atoms with Gasteiger partial charge in [-0.15, -0.1) is 0 Å². The molecule has 0 radical (unpaired) electrons. The Kier molecular flexibility index (Phi) is 11.8. The largest absolute Gasteiger partial charge is 0.444 e. The molecule has 5 atom stereocenters. The maximum Gasteiger partial charge on any atom is 0.410 e. The Morgan fingerprint density at radius 2 is 1.80 bits per heavy atom. The Morgan fingerprint density at radius 1 is 1.09 bits per heavy atom. The predicted molar refractivity (Wildman–Crippen MR) is 192 cm³/mol. The smallest absolute Gasteiger partial charge is 0.410 e. The molecule has 5 amide bonds. The fourth-order valence-electron chi connectivity index (χ4n) is 6.99. The van der Waals surface area contributed by atoms with Gasteiger partial charge in [0.1, 0.15) is 35.1 Å². The topological polar surface area (TPSA) is 198 Å². The lowest BCUT2D eigenvalue weighted by molar-refractivity contribution is -0.141. The Balaban J connectivity index is 1.39. The van der Waals surface area contributed by atoms with Crippen LogP contribution in [0.25, 0.3) is 0 Å². The van der Waals surface area contributed by atoms with Gasteiger partial charge in [-0.25, -0.2) is 22.4 Å². The molecule has 5 unspecified atom stereocenters. The van der Waals surface area contributed by atoms with Crippen molar-refractivity contribution in [3.8, 4) is 0 Å². The highest BCUT2D eigenvalue weighted by molar-refractivity contribution is 7.91. The molecule has 15 nitrogen and oxygen atoms in total. The average Bonchev–Trinajstić information content (AvgIpc) is 3.96. The van der Waals surface area contributed by atoms with Crippen LogP contribution in [0.4, 0.5) is 14.0 Å². The predicted octanol–water partition coefficient (Wildman–Crippen LogP) is 3.35. The van der Waals surface area contributed by atoms with Crippen molar-refractivity contribution < 1.29 is 51.0 Å². The maximum atomic E-state index is 14.4. The van der Waals surface area contributed by atoms with Crippen LogP contribution in [-0.4, -0.2) is 95.0 Å². The molecule has 3 fully saturated rings. The molecule has 2 heterocycles. The van der Waals surface area contributed by atoms with E-state index in [0.29, 0.717) is 30.4 Å². The Bertz CT molecular complexity index is 1840. The first kappa shape index (κ1) is 40.6. The number of allylic oxidation sites excluding steroid dienone is 2. The van der Waals surface area contributed by atoms with Crippen molar-refractivity contribution in [3.05, 3.63) is 46.8 Å². The highest BCUT2D eigenvalue weighted by Crippen LogP contribution is 2.47. The van der Waals surface area contributed by atoms with Crippen molar-refractivity contribution in [1.82, 2.24) is 25.2 Å². The molecule has 1 aromatic rings. The average molecular weight is 776 g/mol. The van der Waals surface area contributed by atoms with Crippen LogP contribution < -0.4 is 15.4 Å². The molecule has 296 valence electrons. The number of ketones is 1. The molecule has 0 bridgehead atoms. The van der Waals surface area contributed by atoms with Crippen molar-refractivity contribution in [3.63, 3.8) is 0 Å². The van der Waals surface area contributed by atoms with Crippen LogP contribution in [0.15, 0.2) is 29.8 Å². The number of sulfonamides is 1. The van der Waals surface area contributed by atoms with Gasteiger partial charge in [-0.05, 0) is 83.9 Å². The quantitative estimate of drug-likeness (QED) is 0.250. The zero-order valence-corrected chi connectivity index (χ0v) is 32.3. The number of rotatable bonds is 13. The molecule has 1 aromatic carbocycles. The van der Waals surface area contributed by atoms with Gasteiger partial charge in [-0.2, -0.15) is 0 Å². The first-order valence-electron chi connectivity index (χ1n) is 18.3. The number of fused-ring (bicyclic) bond motifs is 1. The number of benzene rings is 1. The van der Waals surface area contributed by atoms with E-state index in [1.165, 1.54) is 17.0 Å². The van der Waals surface area contributed by atoms with Gasteiger partial charge in [0.2, 0.25) is 21.8 Å². The summed E-state index contributed by atoms with van der Waals surface area (Å²) in [5.74, 6) is -3.55. The van der Waals surface area contributed by atoms with Crippen molar-refractivity contribution in [2.75, 3.05) is 6.54 Å². The summed E-state index contributed by atoms with van der Waals surface area (Å²) in [6.45, 7) is 9.95. The number of amides is 5. The second-order valence-electron chi connectivity index (χ2n) is 15.9. The third kappa shape index (κ3) is 9.57. The molecule has 2 aliphatic heterocycles. The number of likely N-dealkylation sites (tertiary alicyclic amines) is 1. The number of halogens is 1. The lowest BCUT2D eigenvalue weighted by atomic mass is 10.0. The van der Waals surface area contributed by atoms with E-state index in [4.69, 9.17) is 9.47 Å². The van der Waals surface area contributed by atoms with Gasteiger partial charge >= 0.3 is 12.2 Å². The lowest BCUT2D eigenvalue weighted by Crippen LogP contribution is -2.58. The van der Waals surface area contributed by atoms with Gasteiger partial charge in [0.25, 0.3) is 5.91 Å². The van der Waals surface area contributed by atoms with E-state index in [1.807, 2.05) is 0 Å². The molecule has 1 saturated heterocycles. The van der Waals surface area contributed by atoms with Crippen molar-refractivity contribution >= 4 is 45.7 Å². The summed E-state index contributed by atoms with van der Waals surface area (Å²) < 4.78 is 53.1. The fourth-order valence-corrected chi connectivity index (χ4v) is 8.35. The van der Waals surface area contributed by atoms with Crippen LogP contribution in [-0.2, 0) is 51.8 Å². The van der Waals surface area contributed by atoms with E-state index in [-0.39, 0.29) is 57.0 Å². The standard InChI is InChI=1S/C37H50FN5O10S/c1-7-23-17-37(23,33(47)41-54(50,51)26-12-13-26)40-31(45)30-16-25(52-35(49)42-18-22-9-8-10-28(38)27(22)20-42)19-43(30)32(46)29(14-11-24(44)15-21(2)3)39-34(48)53-36(4,5)6/h8-10,15,23,25-26,29-30H,7,11-14,16-20H2,1-6H3,(H,39,48)(H,40,45)(H,41,47). The normalized spacial score (nSPS) is 23.8. The van der Waals surface area contributed by atoms with Gasteiger partial charge in [0.15, 0.2) is 5.78 Å². The summed E-state index contributed by atoms with van der Waals surface area (Å²) in [5, 5.41) is 4.59. The highest BCUT2D eigenvalue weighted by Gasteiger charge is 2.62. The molecule has 54 heavy (non-hydrogen) atoms. The summed E-state index contributed by atoms with van der Waals surface area (Å²) in [7, 11) is -3.93. The van der Waals surface area contributed by atoms with Crippen LogP contribution in [0.5, 0.6) is 0 Å². The van der Waals surface area contributed by atoms with Gasteiger partial charge in [0, 0.05) is 24.9 Å². The number of hydrogen-bond donors (Lipinski definition) is 3. The highest BCUT2D eigenvalue weighted by atomic mass is 32.2. The van der Waals surface area contributed by atoms with Crippen molar-refractivity contribution in [2.24, 2.45) is 5.92 Å². The molecule has 5 rings (SSSR count). The third-order valence-electron chi connectivity index (χ3n) is 9.97. The zero-order chi connectivity index (χ0) is 39.7. The molecular weight excluding hydrogens is 725 g/mol. The van der Waals surface area contributed by atoms with Crippen LogP contribution >= 0.6 is 0 Å². The number of ether oxygens (including phenoxy) is 2. The monoisotopic (exact) mass is 775 g/mol. The van der Waals surface area contributed by atoms with Gasteiger partial charge in [-0.3, -0.25) is 28.8 Å². The van der Waals surface area contributed by atoms with Crippen LogP contribution in [0, 0.1) is 11.7 Å². The summed E-state index contributed by atoms with van der Waals surface area (Å²) in [6, 6.07) is 1.86. The second-order valence-corrected chi connectivity index (χ2v) is 17.8. The minimum atomic E-state index is -3.93. The van der Waals surface area contributed by atoms with Crippen molar-refractivity contribution in [2.45, 2.75) is 134 Å². The first-order valence-corrected chi connectivity index (χ1v) is 19.8. The van der Waals surface area contributed by atoms with E-state index >= 15 is 0 Å². The Labute approximate surface area is 314 Å². The lowest BCUT2D eigenvalue weighted by Gasteiger charge is -2.30. The first-order chi connectivity index (χ1) is 25.2. The number of carbonyl (C=O) groups is 6. The van der Waals surface area contributed by atoms with Crippen LogP contribution in [0.1, 0.15) is 97.6 Å². The number of alkyl carbamates (subject to hydrolysis) is 1. The maximum absolute atomic E-state index is 14.4. The number of carbonyl (C=O) groups excluding carboxylic acids is 6. The molecule has 4 aliphatic rings. The van der Waals surface area contributed by atoms with Gasteiger partial charge < -0.3 is 25.0 Å². The SMILES string of the molecule is CCC1CC1(NC(=O)C1CC(OC(=O)N2Cc3cccc(F)c3C2)CN1C(=O)C(CCC(=O)C=C(C)C)NC(=O)OC(C)(C)C)C(=O)NS(=O)(=O)C1CC1. The van der Waals surface area contributed by atoms with E-state index in [9.17, 15) is 41.6 Å². The van der Waals surface area contributed by atoms with E-state index in [2.05, 4.69) is 15.4 Å². The molecular formula is C37H50FN5O10S. The Hall–Kier alpha value is -4.54. The molecule has 3 N–H and O–H groups in total. The van der Waals surface area contributed by atoms with E-state index < -0.39 is 80.3 Å². The van der Waals surface area contributed by atoms with Crippen LogP contribution in [0.3, 0.4) is 0 Å². The zero-order valence-electron chi connectivity index (χ0n) is 31.5. The molecule has 0 spiro atoms. The second kappa shape index (κ2) is 15.7. The summed E-state index contributed by atoms with van der Waals surface area (Å²) in [4.78, 5) is 83.4. The summed E-state index contributed by atoms with van der Waals surface area (Å²) >= 11 is 0. The molecule has 0 aromatic heterocycles. The van der Waals surface area contributed by atoms with Crippen molar-refractivity contribution in [1.29, 1.82) is 0 Å². The van der Waals surface area contributed by atoms with Gasteiger partial charge in [0.05, 0.1) is 18.3 Å². The molecule has 2 aliphatic carbocycles. The number of nitrogens with one attached hydrogen (secondary N) is 3. The minimum absolute atomic E-state index is 0.0402. The van der Waals surface area contributed by atoms with E-state index in [0.717, 1.165) is 10.5 Å². The summed E-state index contributed by atoms with van der Waals surface area (Å²) in [6.07, 6.45) is -0.389. The Morgan fingerprint density at radius 3 is 2.39 bits per heavy atom. The summed E-state index contributed by atoms with van der Waals surface area (Å²) in [5.41, 5.74) is -0.760.